The Hall–Kier alpha value is -2.25. The molecule has 0 N–H and O–H groups in total. The normalized spacial score (nSPS) is 14.9. The summed E-state index contributed by atoms with van der Waals surface area (Å²) < 4.78 is 40.6. The first kappa shape index (κ1) is 26.8. The van der Waals surface area contributed by atoms with Crippen LogP contribution in [0.1, 0.15) is 47.1 Å². The molecule has 0 spiro atoms. The van der Waals surface area contributed by atoms with E-state index in [1.165, 1.54) is 18.2 Å². The SMILES string of the molecule is CC(CC(=O)Cc1ccc(S(=O)(=O)Cc2cc(F)c3c(c2)CCN(C)C3)cc1)c1cccc(Cl)c1Cl. The van der Waals surface area contributed by atoms with E-state index in [0.29, 0.717) is 40.6 Å². The second-order valence-electron chi connectivity index (χ2n) is 9.57. The van der Waals surface area contributed by atoms with Gasteiger partial charge in [0.05, 0.1) is 20.7 Å². The van der Waals surface area contributed by atoms with Crippen LogP contribution in [0.15, 0.2) is 59.5 Å². The maximum Gasteiger partial charge on any atom is 0.182 e. The number of hydrogen-bond donors (Lipinski definition) is 0. The van der Waals surface area contributed by atoms with E-state index in [0.717, 1.165) is 23.2 Å². The van der Waals surface area contributed by atoms with E-state index in [9.17, 15) is 17.6 Å². The minimum Gasteiger partial charge on any atom is -0.302 e. The average molecular weight is 549 g/mol. The van der Waals surface area contributed by atoms with Crippen LogP contribution in [0.4, 0.5) is 4.39 Å². The van der Waals surface area contributed by atoms with Crippen molar-refractivity contribution in [1.29, 1.82) is 0 Å². The predicted octanol–water partition coefficient (Wildman–Crippen LogP) is 6.40. The minimum absolute atomic E-state index is 0.0179. The first-order valence-electron chi connectivity index (χ1n) is 11.8. The summed E-state index contributed by atoms with van der Waals surface area (Å²) in [5, 5.41) is 0.913. The Morgan fingerprint density at radius 1 is 1.08 bits per heavy atom. The number of fused-ring (bicyclic) bond motifs is 1. The zero-order valence-corrected chi connectivity index (χ0v) is 22.6. The molecule has 1 aliphatic rings. The highest BCUT2D eigenvalue weighted by Gasteiger charge is 2.22. The number of carbonyl (C=O) groups is 1. The van der Waals surface area contributed by atoms with Gasteiger partial charge in [0.15, 0.2) is 9.84 Å². The molecule has 0 bridgehead atoms. The number of likely N-dealkylation sites (N-methyl/N-ethyl adjacent to an activating group) is 1. The van der Waals surface area contributed by atoms with Gasteiger partial charge >= 0.3 is 0 Å². The highest BCUT2D eigenvalue weighted by molar-refractivity contribution is 7.90. The maximum atomic E-state index is 14.6. The summed E-state index contributed by atoms with van der Waals surface area (Å²) in [7, 11) is -1.73. The molecule has 0 radical (unpaired) electrons. The Morgan fingerprint density at radius 3 is 2.53 bits per heavy atom. The van der Waals surface area contributed by atoms with Gasteiger partial charge in [-0.05, 0) is 65.9 Å². The summed E-state index contributed by atoms with van der Waals surface area (Å²) in [6, 6.07) is 14.9. The lowest BCUT2D eigenvalue weighted by Crippen LogP contribution is -2.27. The fourth-order valence-electron chi connectivity index (χ4n) is 4.67. The van der Waals surface area contributed by atoms with Crippen LogP contribution in [0, 0.1) is 5.82 Å². The van der Waals surface area contributed by atoms with Crippen LogP contribution in [0.5, 0.6) is 0 Å². The summed E-state index contributed by atoms with van der Waals surface area (Å²) in [5.74, 6) is -0.708. The van der Waals surface area contributed by atoms with Gasteiger partial charge < -0.3 is 4.90 Å². The summed E-state index contributed by atoms with van der Waals surface area (Å²) >= 11 is 12.4. The van der Waals surface area contributed by atoms with Gasteiger partial charge in [0.1, 0.15) is 11.6 Å². The van der Waals surface area contributed by atoms with E-state index >= 15 is 0 Å². The van der Waals surface area contributed by atoms with Crippen molar-refractivity contribution < 1.29 is 17.6 Å². The fourth-order valence-corrected chi connectivity index (χ4v) is 6.49. The number of carbonyl (C=O) groups excluding carboxylic acids is 1. The first-order chi connectivity index (χ1) is 17.0. The molecule has 8 heteroatoms. The number of halogens is 3. The quantitative estimate of drug-likeness (QED) is 0.327. The molecule has 0 saturated carbocycles. The second kappa shape index (κ2) is 11.0. The molecule has 0 saturated heterocycles. The Balaban J connectivity index is 1.41. The first-order valence-corrected chi connectivity index (χ1v) is 14.2. The van der Waals surface area contributed by atoms with Crippen LogP contribution >= 0.6 is 23.2 Å². The van der Waals surface area contributed by atoms with Gasteiger partial charge in [0.2, 0.25) is 0 Å². The van der Waals surface area contributed by atoms with Crippen molar-refractivity contribution in [2.24, 2.45) is 0 Å². The Kier molecular flexibility index (Phi) is 8.20. The highest BCUT2D eigenvalue weighted by atomic mass is 35.5. The maximum absolute atomic E-state index is 14.6. The number of rotatable bonds is 8. The lowest BCUT2D eigenvalue weighted by molar-refractivity contribution is -0.118. The zero-order valence-electron chi connectivity index (χ0n) is 20.2. The van der Waals surface area contributed by atoms with Gasteiger partial charge in [-0.15, -0.1) is 0 Å². The minimum atomic E-state index is -3.67. The van der Waals surface area contributed by atoms with Gasteiger partial charge in [-0.25, -0.2) is 12.8 Å². The molecule has 1 unspecified atom stereocenters. The Bertz CT molecular complexity index is 1390. The van der Waals surface area contributed by atoms with Crippen molar-refractivity contribution in [1.82, 2.24) is 4.90 Å². The second-order valence-corrected chi connectivity index (χ2v) is 12.3. The summed E-state index contributed by atoms with van der Waals surface area (Å²) in [6.45, 7) is 3.26. The monoisotopic (exact) mass is 547 g/mol. The van der Waals surface area contributed by atoms with Gasteiger partial charge in [0.25, 0.3) is 0 Å². The van der Waals surface area contributed by atoms with E-state index in [1.807, 2.05) is 31.0 Å². The number of hydrogen-bond acceptors (Lipinski definition) is 4. The molecule has 3 aromatic rings. The van der Waals surface area contributed by atoms with Crippen LogP contribution in [0.25, 0.3) is 0 Å². The number of Topliss-reactive ketones (excluding diaryl/α,β-unsaturated/α-hetero) is 1. The summed E-state index contributed by atoms with van der Waals surface area (Å²) in [5.41, 5.74) is 3.52. The lowest BCUT2D eigenvalue weighted by Gasteiger charge is -2.25. The number of ketones is 1. The molecule has 0 amide bonds. The van der Waals surface area contributed by atoms with E-state index in [1.54, 1.807) is 24.3 Å². The van der Waals surface area contributed by atoms with Crippen LogP contribution < -0.4 is 0 Å². The van der Waals surface area contributed by atoms with Gasteiger partial charge in [0, 0.05) is 31.5 Å². The van der Waals surface area contributed by atoms with Crippen molar-refractivity contribution in [3.05, 3.63) is 98.3 Å². The molecule has 4 rings (SSSR count). The van der Waals surface area contributed by atoms with E-state index in [2.05, 4.69) is 0 Å². The molecule has 190 valence electrons. The van der Waals surface area contributed by atoms with E-state index in [-0.39, 0.29) is 34.6 Å². The summed E-state index contributed by atoms with van der Waals surface area (Å²) in [6.07, 6.45) is 1.18. The third kappa shape index (κ3) is 6.17. The van der Waals surface area contributed by atoms with Crippen molar-refractivity contribution in [2.45, 2.75) is 49.3 Å². The standard InChI is InChI=1S/C28H28Cl2FNO3S/c1-18(24-4-3-5-26(29)28(24)30)12-22(33)14-19-6-8-23(9-7-19)36(34,35)17-20-13-21-10-11-32(2)16-25(21)27(31)15-20/h3-9,13,15,18H,10-12,14,16-17H2,1-2H3. The molecule has 4 nitrogen and oxygen atoms in total. The van der Waals surface area contributed by atoms with Crippen LogP contribution in [0.3, 0.4) is 0 Å². The molecule has 1 aliphatic heterocycles. The average Bonchev–Trinajstić information content (AvgIpc) is 2.81. The van der Waals surface area contributed by atoms with Crippen LogP contribution in [0.2, 0.25) is 10.0 Å². The van der Waals surface area contributed by atoms with E-state index < -0.39 is 9.84 Å². The molecule has 0 aliphatic carbocycles. The molecule has 36 heavy (non-hydrogen) atoms. The Morgan fingerprint density at radius 2 is 1.81 bits per heavy atom. The molecular weight excluding hydrogens is 520 g/mol. The highest BCUT2D eigenvalue weighted by Crippen LogP contribution is 2.32. The molecule has 0 aromatic heterocycles. The van der Waals surface area contributed by atoms with E-state index in [4.69, 9.17) is 23.2 Å². The van der Waals surface area contributed by atoms with Crippen LogP contribution in [-0.4, -0.2) is 32.7 Å². The predicted molar refractivity (Wildman–Crippen MR) is 142 cm³/mol. The fraction of sp³-hybridized carbons (Fsp3) is 0.321. The smallest absolute Gasteiger partial charge is 0.182 e. The van der Waals surface area contributed by atoms with Gasteiger partial charge in [-0.1, -0.05) is 60.5 Å². The van der Waals surface area contributed by atoms with Gasteiger partial charge in [-0.3, -0.25) is 4.79 Å². The Labute approximate surface area is 222 Å². The van der Waals surface area contributed by atoms with Crippen molar-refractivity contribution in [3.8, 4) is 0 Å². The number of nitrogens with zero attached hydrogens (tertiary/aromatic N) is 1. The zero-order chi connectivity index (χ0) is 26.0. The third-order valence-electron chi connectivity index (χ3n) is 6.63. The number of sulfone groups is 1. The lowest BCUT2D eigenvalue weighted by atomic mass is 9.93. The molecule has 3 aromatic carbocycles. The molecule has 1 heterocycles. The molecule has 0 fully saturated rings. The summed E-state index contributed by atoms with van der Waals surface area (Å²) in [4.78, 5) is 14.8. The van der Waals surface area contributed by atoms with Crippen molar-refractivity contribution in [2.75, 3.05) is 13.6 Å². The molecular formula is C28H28Cl2FNO3S. The van der Waals surface area contributed by atoms with Crippen molar-refractivity contribution in [3.63, 3.8) is 0 Å². The number of benzene rings is 3. The van der Waals surface area contributed by atoms with Gasteiger partial charge in [-0.2, -0.15) is 0 Å². The van der Waals surface area contributed by atoms with Crippen molar-refractivity contribution >= 4 is 38.8 Å². The third-order valence-corrected chi connectivity index (χ3v) is 9.16. The van der Waals surface area contributed by atoms with Crippen LogP contribution in [-0.2, 0) is 39.8 Å². The topological polar surface area (TPSA) is 54.5 Å². The largest absolute Gasteiger partial charge is 0.302 e. The molecule has 1 atom stereocenters.